The highest BCUT2D eigenvalue weighted by molar-refractivity contribution is 5.69. The van der Waals surface area contributed by atoms with E-state index in [1.165, 1.54) is 122 Å². The summed E-state index contributed by atoms with van der Waals surface area (Å²) in [5.74, 6) is 0.579. The average molecular weight is 425 g/mol. The number of carbonyl (C=O) groups is 1. The van der Waals surface area contributed by atoms with Crippen LogP contribution >= 0.6 is 0 Å². The molecule has 0 N–H and O–H groups in total. The van der Waals surface area contributed by atoms with E-state index in [-0.39, 0.29) is 5.97 Å². The van der Waals surface area contributed by atoms with Gasteiger partial charge < -0.3 is 4.74 Å². The van der Waals surface area contributed by atoms with Gasteiger partial charge in [-0.2, -0.15) is 0 Å². The molecule has 0 aliphatic carbocycles. The summed E-state index contributed by atoms with van der Waals surface area (Å²) in [6.07, 6.45) is 28.7. The highest BCUT2D eigenvalue weighted by Crippen LogP contribution is 2.15. The van der Waals surface area contributed by atoms with Crippen molar-refractivity contribution in [3.8, 4) is 0 Å². The first-order valence-corrected chi connectivity index (χ1v) is 13.9. The van der Waals surface area contributed by atoms with E-state index < -0.39 is 0 Å². The number of hydrogen-bond acceptors (Lipinski definition) is 2. The van der Waals surface area contributed by atoms with Crippen LogP contribution < -0.4 is 0 Å². The lowest BCUT2D eigenvalue weighted by molar-refractivity contribution is -0.145. The molecule has 1 unspecified atom stereocenters. The van der Waals surface area contributed by atoms with Crippen LogP contribution in [0.15, 0.2) is 0 Å². The molecule has 0 fully saturated rings. The van der Waals surface area contributed by atoms with Crippen molar-refractivity contribution in [3.05, 3.63) is 0 Å². The van der Waals surface area contributed by atoms with Crippen molar-refractivity contribution in [1.82, 2.24) is 0 Å². The zero-order chi connectivity index (χ0) is 22.1. The molecule has 0 aromatic heterocycles. The predicted molar refractivity (Wildman–Crippen MR) is 133 cm³/mol. The minimum Gasteiger partial charge on any atom is -0.465 e. The van der Waals surface area contributed by atoms with Crippen LogP contribution in [0.1, 0.15) is 162 Å². The molecular weight excluding hydrogens is 368 g/mol. The number of ether oxygens (including phenoxy) is 1. The van der Waals surface area contributed by atoms with Gasteiger partial charge in [0.05, 0.1) is 6.61 Å². The van der Waals surface area contributed by atoms with Gasteiger partial charge in [-0.25, -0.2) is 0 Å². The Bertz CT molecular complexity index is 340. The molecule has 0 spiro atoms. The molecule has 0 radical (unpaired) electrons. The van der Waals surface area contributed by atoms with Gasteiger partial charge in [-0.05, 0) is 18.8 Å². The molecule has 0 heterocycles. The summed E-state index contributed by atoms with van der Waals surface area (Å²) in [5.41, 5.74) is 0. The first-order valence-electron chi connectivity index (χ1n) is 13.9. The second kappa shape index (κ2) is 24.7. The van der Waals surface area contributed by atoms with Crippen LogP contribution in [-0.2, 0) is 9.53 Å². The molecule has 0 aliphatic heterocycles. The minimum atomic E-state index is 0.0194. The van der Waals surface area contributed by atoms with Crippen molar-refractivity contribution in [2.24, 2.45) is 5.92 Å². The first kappa shape index (κ1) is 29.5. The number of unbranched alkanes of at least 4 members (excludes halogenated alkanes) is 17. The second-order valence-electron chi connectivity index (χ2n) is 9.51. The van der Waals surface area contributed by atoms with E-state index >= 15 is 0 Å². The SMILES string of the molecule is CCCCCCCCCCCCCCCCCCCC(=O)OCC(CC)CCCC. The zero-order valence-electron chi connectivity index (χ0n) is 21.2. The Hall–Kier alpha value is -0.530. The van der Waals surface area contributed by atoms with Crippen LogP contribution in [0.3, 0.4) is 0 Å². The Morgan fingerprint density at radius 3 is 1.37 bits per heavy atom. The smallest absolute Gasteiger partial charge is 0.305 e. The largest absolute Gasteiger partial charge is 0.465 e. The molecule has 0 saturated heterocycles. The fraction of sp³-hybridized carbons (Fsp3) is 0.964. The summed E-state index contributed by atoms with van der Waals surface area (Å²) in [6, 6.07) is 0. The Morgan fingerprint density at radius 1 is 0.567 bits per heavy atom. The molecule has 0 amide bonds. The number of carbonyl (C=O) groups excluding carboxylic acids is 1. The quantitative estimate of drug-likeness (QED) is 0.114. The van der Waals surface area contributed by atoms with Crippen LogP contribution in [0.4, 0.5) is 0 Å². The molecule has 30 heavy (non-hydrogen) atoms. The molecule has 0 aliphatic rings. The van der Waals surface area contributed by atoms with Gasteiger partial charge in [0, 0.05) is 6.42 Å². The maximum Gasteiger partial charge on any atom is 0.305 e. The summed E-state index contributed by atoms with van der Waals surface area (Å²) in [7, 11) is 0. The van der Waals surface area contributed by atoms with Gasteiger partial charge in [-0.1, -0.05) is 143 Å². The van der Waals surface area contributed by atoms with E-state index in [2.05, 4.69) is 20.8 Å². The Morgan fingerprint density at radius 2 is 0.967 bits per heavy atom. The summed E-state index contributed by atoms with van der Waals surface area (Å²) in [5, 5.41) is 0. The second-order valence-corrected chi connectivity index (χ2v) is 9.51. The first-order chi connectivity index (χ1) is 14.7. The molecule has 2 nitrogen and oxygen atoms in total. The third-order valence-corrected chi connectivity index (χ3v) is 6.51. The Kier molecular flexibility index (Phi) is 24.3. The molecule has 180 valence electrons. The maximum absolute atomic E-state index is 11.9. The van der Waals surface area contributed by atoms with Gasteiger partial charge in [0.2, 0.25) is 0 Å². The monoisotopic (exact) mass is 424 g/mol. The standard InChI is InChI=1S/C28H56O2/c1-4-7-9-10-11-12-13-14-15-16-17-18-19-20-21-22-23-25-28(29)30-26-27(6-3)24-8-5-2/h27H,4-26H2,1-3H3. The van der Waals surface area contributed by atoms with Gasteiger partial charge in [0.25, 0.3) is 0 Å². The van der Waals surface area contributed by atoms with Gasteiger partial charge in [-0.15, -0.1) is 0 Å². The third kappa shape index (κ3) is 22.2. The van der Waals surface area contributed by atoms with Gasteiger partial charge in [0.15, 0.2) is 0 Å². The molecule has 2 heteroatoms. The van der Waals surface area contributed by atoms with Crippen molar-refractivity contribution in [2.45, 2.75) is 162 Å². The summed E-state index contributed by atoms with van der Waals surface area (Å²) in [4.78, 5) is 11.9. The lowest BCUT2D eigenvalue weighted by atomic mass is 10.0. The predicted octanol–water partition coefficient (Wildman–Crippen LogP) is 9.79. The lowest BCUT2D eigenvalue weighted by Crippen LogP contribution is -2.13. The van der Waals surface area contributed by atoms with Crippen LogP contribution in [0.2, 0.25) is 0 Å². The Balaban J connectivity index is 3.24. The summed E-state index contributed by atoms with van der Waals surface area (Å²) < 4.78 is 5.48. The minimum absolute atomic E-state index is 0.0194. The third-order valence-electron chi connectivity index (χ3n) is 6.51. The maximum atomic E-state index is 11.9. The molecule has 0 aromatic carbocycles. The van der Waals surface area contributed by atoms with E-state index in [0.29, 0.717) is 18.9 Å². The molecule has 0 bridgehead atoms. The zero-order valence-corrected chi connectivity index (χ0v) is 21.2. The summed E-state index contributed by atoms with van der Waals surface area (Å²) >= 11 is 0. The van der Waals surface area contributed by atoms with Gasteiger partial charge >= 0.3 is 5.97 Å². The van der Waals surface area contributed by atoms with Crippen molar-refractivity contribution in [3.63, 3.8) is 0 Å². The number of hydrogen-bond donors (Lipinski definition) is 0. The van der Waals surface area contributed by atoms with Crippen LogP contribution in [-0.4, -0.2) is 12.6 Å². The van der Waals surface area contributed by atoms with E-state index in [0.717, 1.165) is 12.8 Å². The van der Waals surface area contributed by atoms with E-state index in [1.54, 1.807) is 0 Å². The fourth-order valence-electron chi connectivity index (χ4n) is 4.18. The van der Waals surface area contributed by atoms with Crippen LogP contribution in [0, 0.1) is 5.92 Å². The van der Waals surface area contributed by atoms with E-state index in [1.807, 2.05) is 0 Å². The highest BCUT2D eigenvalue weighted by atomic mass is 16.5. The van der Waals surface area contributed by atoms with Crippen LogP contribution in [0.5, 0.6) is 0 Å². The van der Waals surface area contributed by atoms with E-state index in [4.69, 9.17) is 4.74 Å². The molecule has 0 aromatic rings. The van der Waals surface area contributed by atoms with Crippen molar-refractivity contribution < 1.29 is 9.53 Å². The molecule has 1 atom stereocenters. The number of esters is 1. The fourth-order valence-corrected chi connectivity index (χ4v) is 4.18. The normalized spacial score (nSPS) is 12.2. The summed E-state index contributed by atoms with van der Waals surface area (Å²) in [6.45, 7) is 7.34. The van der Waals surface area contributed by atoms with Gasteiger partial charge in [0.1, 0.15) is 0 Å². The number of rotatable bonds is 24. The molecule has 0 rings (SSSR count). The van der Waals surface area contributed by atoms with E-state index in [9.17, 15) is 4.79 Å². The van der Waals surface area contributed by atoms with Crippen LogP contribution in [0.25, 0.3) is 0 Å². The Labute approximate surface area is 190 Å². The molecule has 0 saturated carbocycles. The van der Waals surface area contributed by atoms with Gasteiger partial charge in [-0.3, -0.25) is 4.79 Å². The lowest BCUT2D eigenvalue weighted by Gasteiger charge is -2.14. The van der Waals surface area contributed by atoms with Crippen molar-refractivity contribution >= 4 is 5.97 Å². The van der Waals surface area contributed by atoms with Crippen molar-refractivity contribution in [1.29, 1.82) is 0 Å². The topological polar surface area (TPSA) is 26.3 Å². The average Bonchev–Trinajstić information content (AvgIpc) is 2.76. The molecular formula is C28H56O2. The van der Waals surface area contributed by atoms with Crippen molar-refractivity contribution in [2.75, 3.05) is 6.61 Å². The highest BCUT2D eigenvalue weighted by Gasteiger charge is 2.09.